The molecule has 0 aromatic heterocycles. The highest BCUT2D eigenvalue weighted by Crippen LogP contribution is 2.29. The monoisotopic (exact) mass is 378 g/mol. The van der Waals surface area contributed by atoms with Crippen LogP contribution in [0.3, 0.4) is 0 Å². The van der Waals surface area contributed by atoms with Crippen LogP contribution in [0.4, 0.5) is 11.4 Å². The van der Waals surface area contributed by atoms with Crippen molar-refractivity contribution in [3.8, 4) is 5.75 Å². The maximum atomic E-state index is 12.5. The number of hydrogen-bond donors (Lipinski definition) is 2. The first-order valence-electron chi connectivity index (χ1n) is 8.05. The molecule has 8 heteroatoms. The van der Waals surface area contributed by atoms with E-state index in [9.17, 15) is 14.9 Å². The number of non-ortho nitro benzene ring substituents is 1. The summed E-state index contributed by atoms with van der Waals surface area (Å²) in [6.07, 6.45) is 0. The highest BCUT2D eigenvalue weighted by atomic mass is 35.5. The minimum atomic E-state index is -0.516. The molecule has 0 heterocycles. The van der Waals surface area contributed by atoms with Gasteiger partial charge in [-0.25, -0.2) is 0 Å². The van der Waals surface area contributed by atoms with Crippen LogP contribution >= 0.6 is 11.6 Å². The van der Waals surface area contributed by atoms with Crippen LogP contribution in [-0.4, -0.2) is 24.0 Å². The molecule has 0 aliphatic carbocycles. The molecule has 2 atom stereocenters. The average Bonchev–Trinajstić information content (AvgIpc) is 2.62. The summed E-state index contributed by atoms with van der Waals surface area (Å²) in [5, 5.41) is 16.2. The Morgan fingerprint density at radius 3 is 2.46 bits per heavy atom. The number of ether oxygens (including phenoxy) is 1. The van der Waals surface area contributed by atoms with Gasteiger partial charge in [-0.1, -0.05) is 23.7 Å². The Labute approximate surface area is 156 Å². The van der Waals surface area contributed by atoms with Crippen molar-refractivity contribution in [3.63, 3.8) is 0 Å². The number of methoxy groups -OCH3 is 1. The molecule has 0 bridgehead atoms. The lowest BCUT2D eigenvalue weighted by Crippen LogP contribution is -2.91. The van der Waals surface area contributed by atoms with Crippen LogP contribution in [0.5, 0.6) is 5.75 Å². The Bertz CT molecular complexity index is 796. The third kappa shape index (κ3) is 4.93. The fraction of sp³-hybridized carbons (Fsp3) is 0.278. The van der Waals surface area contributed by atoms with Crippen LogP contribution < -0.4 is 15.4 Å². The van der Waals surface area contributed by atoms with Crippen LogP contribution in [0.2, 0.25) is 5.02 Å². The number of nitrogens with one attached hydrogen (secondary N) is 1. The van der Waals surface area contributed by atoms with E-state index in [1.165, 1.54) is 25.3 Å². The second kappa shape index (κ2) is 8.64. The van der Waals surface area contributed by atoms with Crippen molar-refractivity contribution < 1.29 is 19.8 Å². The van der Waals surface area contributed by atoms with Crippen molar-refractivity contribution >= 4 is 28.9 Å². The molecule has 3 N–H and O–H groups in total. The van der Waals surface area contributed by atoms with Crippen molar-refractivity contribution in [2.75, 3.05) is 12.4 Å². The number of hydrogen-bond acceptors (Lipinski definition) is 4. The van der Waals surface area contributed by atoms with Gasteiger partial charge in [-0.2, -0.15) is 0 Å². The summed E-state index contributed by atoms with van der Waals surface area (Å²) in [4.78, 5) is 22.8. The van der Waals surface area contributed by atoms with Crippen LogP contribution in [0, 0.1) is 10.1 Å². The molecule has 0 aliphatic rings. The number of carbonyl (C=O) groups is 1. The second-order valence-electron chi connectivity index (χ2n) is 5.95. The van der Waals surface area contributed by atoms with Crippen LogP contribution in [-0.2, 0) is 4.79 Å². The number of benzene rings is 2. The van der Waals surface area contributed by atoms with E-state index in [-0.39, 0.29) is 29.4 Å². The first-order valence-corrected chi connectivity index (χ1v) is 8.43. The normalized spacial score (nSPS) is 12.9. The largest absolute Gasteiger partial charge is 0.494 e. The number of nitrogens with zero attached hydrogens (tertiary/aromatic N) is 1. The zero-order valence-corrected chi connectivity index (χ0v) is 15.5. The SMILES string of the molecule is COc1cc([N+](=O)[O-])ccc1NC(=O)[C@H](C)[NH2+][C@H](C)c1ccc(Cl)cc1. The molecule has 0 radical (unpaired) electrons. The minimum absolute atomic E-state index is 0.0618. The lowest BCUT2D eigenvalue weighted by molar-refractivity contribution is -0.709. The Balaban J connectivity index is 2.04. The predicted octanol–water partition coefficient (Wildman–Crippen LogP) is 2.91. The summed E-state index contributed by atoms with van der Waals surface area (Å²) >= 11 is 5.89. The van der Waals surface area contributed by atoms with Gasteiger partial charge < -0.3 is 15.4 Å². The molecule has 0 spiro atoms. The molecule has 26 heavy (non-hydrogen) atoms. The zero-order valence-electron chi connectivity index (χ0n) is 14.7. The number of nitrogens with two attached hydrogens (primary N) is 1. The predicted molar refractivity (Wildman–Crippen MR) is 99.5 cm³/mol. The Hall–Kier alpha value is -2.64. The highest BCUT2D eigenvalue weighted by Gasteiger charge is 2.22. The maximum absolute atomic E-state index is 12.5. The Kier molecular flexibility index (Phi) is 6.54. The number of halogens is 1. The number of anilines is 1. The number of amides is 1. The summed E-state index contributed by atoms with van der Waals surface area (Å²) in [6, 6.07) is 11.2. The molecule has 2 rings (SSSR count). The van der Waals surface area contributed by atoms with E-state index in [2.05, 4.69) is 5.32 Å². The topological polar surface area (TPSA) is 98.1 Å². The fourth-order valence-electron chi connectivity index (χ4n) is 2.54. The molecule has 1 amide bonds. The van der Waals surface area contributed by atoms with E-state index >= 15 is 0 Å². The molecular weight excluding hydrogens is 358 g/mol. The summed E-state index contributed by atoms with van der Waals surface area (Å²) in [6.45, 7) is 3.79. The lowest BCUT2D eigenvalue weighted by Gasteiger charge is -2.17. The number of quaternary nitrogens is 1. The number of rotatable bonds is 7. The highest BCUT2D eigenvalue weighted by molar-refractivity contribution is 6.30. The van der Waals surface area contributed by atoms with E-state index in [1.54, 1.807) is 6.92 Å². The summed E-state index contributed by atoms with van der Waals surface area (Å²) in [5.41, 5.74) is 1.35. The molecule has 0 saturated heterocycles. The molecule has 2 aromatic carbocycles. The third-order valence-electron chi connectivity index (χ3n) is 4.04. The van der Waals surface area contributed by atoms with Crippen molar-refractivity contribution in [3.05, 3.63) is 63.2 Å². The van der Waals surface area contributed by atoms with Crippen molar-refractivity contribution in [1.29, 1.82) is 0 Å². The molecule has 7 nitrogen and oxygen atoms in total. The summed E-state index contributed by atoms with van der Waals surface area (Å²) in [5.74, 6) is 0.0171. The second-order valence-corrected chi connectivity index (χ2v) is 6.39. The Morgan fingerprint density at radius 1 is 1.23 bits per heavy atom. The van der Waals surface area contributed by atoms with Gasteiger partial charge in [-0.15, -0.1) is 0 Å². The van der Waals surface area contributed by atoms with Gasteiger partial charge in [0.2, 0.25) is 0 Å². The van der Waals surface area contributed by atoms with Gasteiger partial charge in [-0.3, -0.25) is 14.9 Å². The van der Waals surface area contributed by atoms with Gasteiger partial charge in [-0.05, 0) is 32.0 Å². The molecule has 0 fully saturated rings. The lowest BCUT2D eigenvalue weighted by atomic mass is 10.1. The number of nitro benzene ring substituents is 1. The van der Waals surface area contributed by atoms with Gasteiger partial charge >= 0.3 is 0 Å². The van der Waals surface area contributed by atoms with Crippen LogP contribution in [0.25, 0.3) is 0 Å². The first kappa shape index (κ1) is 19.7. The summed E-state index contributed by atoms with van der Waals surface area (Å²) < 4.78 is 5.14. The fourth-order valence-corrected chi connectivity index (χ4v) is 2.67. The van der Waals surface area contributed by atoms with E-state index in [0.717, 1.165) is 5.56 Å². The molecule has 0 unspecified atom stereocenters. The van der Waals surface area contributed by atoms with Gasteiger partial charge in [0.05, 0.1) is 23.8 Å². The maximum Gasteiger partial charge on any atom is 0.282 e. The zero-order chi connectivity index (χ0) is 19.3. The quantitative estimate of drug-likeness (QED) is 0.571. The van der Waals surface area contributed by atoms with Gasteiger partial charge in [0.25, 0.3) is 11.6 Å². The Morgan fingerprint density at radius 2 is 1.88 bits per heavy atom. The van der Waals surface area contributed by atoms with Crippen LogP contribution in [0.15, 0.2) is 42.5 Å². The van der Waals surface area contributed by atoms with Gasteiger partial charge in [0, 0.05) is 16.7 Å². The number of carbonyl (C=O) groups excluding carboxylic acids is 1. The molecule has 138 valence electrons. The smallest absolute Gasteiger partial charge is 0.282 e. The molecule has 0 saturated carbocycles. The van der Waals surface area contributed by atoms with E-state index < -0.39 is 4.92 Å². The van der Waals surface area contributed by atoms with Crippen molar-refractivity contribution in [2.45, 2.75) is 25.9 Å². The van der Waals surface area contributed by atoms with Crippen molar-refractivity contribution in [2.24, 2.45) is 0 Å². The molecule has 2 aromatic rings. The first-order chi connectivity index (χ1) is 12.3. The third-order valence-corrected chi connectivity index (χ3v) is 4.29. The number of nitro groups is 1. The van der Waals surface area contributed by atoms with Crippen molar-refractivity contribution in [1.82, 2.24) is 0 Å². The van der Waals surface area contributed by atoms with Gasteiger partial charge in [0.1, 0.15) is 11.8 Å². The van der Waals surface area contributed by atoms with Gasteiger partial charge in [0.15, 0.2) is 6.04 Å². The molecular formula is C18H21ClN3O4+. The minimum Gasteiger partial charge on any atom is -0.494 e. The van der Waals surface area contributed by atoms with E-state index in [0.29, 0.717) is 10.7 Å². The van der Waals surface area contributed by atoms with E-state index in [1.807, 2.05) is 36.5 Å². The average molecular weight is 379 g/mol. The van der Waals surface area contributed by atoms with E-state index in [4.69, 9.17) is 16.3 Å². The van der Waals surface area contributed by atoms with Crippen LogP contribution in [0.1, 0.15) is 25.5 Å². The summed E-state index contributed by atoms with van der Waals surface area (Å²) in [7, 11) is 1.40. The standard InChI is InChI=1S/C18H20ClN3O4/c1-11(13-4-6-14(19)7-5-13)20-12(2)18(23)21-16-9-8-15(22(24)25)10-17(16)26-3/h4-12,20H,1-3H3,(H,21,23)/p+1/t11-,12+/m1/s1. The molecule has 0 aliphatic heterocycles.